The number of nitrogens with one attached hydrogen (secondary N) is 1. The number of para-hydroxylation sites is 1. The molecule has 2 aromatic heterocycles. The molecule has 9 heteroatoms. The minimum atomic E-state index is -1.21. The van der Waals surface area contributed by atoms with Crippen LogP contribution in [0.2, 0.25) is 0 Å². The first-order chi connectivity index (χ1) is 15.2. The third-order valence-corrected chi connectivity index (χ3v) is 5.49. The van der Waals surface area contributed by atoms with Crippen molar-refractivity contribution in [2.24, 2.45) is 7.05 Å². The molecule has 0 radical (unpaired) electrons. The van der Waals surface area contributed by atoms with E-state index in [0.29, 0.717) is 22.2 Å². The molecule has 164 valence electrons. The highest BCUT2D eigenvalue weighted by molar-refractivity contribution is 5.96. The van der Waals surface area contributed by atoms with Crippen molar-refractivity contribution < 1.29 is 19.4 Å². The number of esters is 1. The Hall–Kier alpha value is -4.14. The molecule has 4 aromatic rings. The maximum Gasteiger partial charge on any atom is 0.358 e. The van der Waals surface area contributed by atoms with Crippen molar-refractivity contribution in [2.75, 3.05) is 12.4 Å². The van der Waals surface area contributed by atoms with E-state index in [-0.39, 0.29) is 22.9 Å². The summed E-state index contributed by atoms with van der Waals surface area (Å²) in [5.74, 6) is -1.68. The Bertz CT molecular complexity index is 1450. The molecule has 0 saturated heterocycles. The van der Waals surface area contributed by atoms with Crippen molar-refractivity contribution in [3.63, 3.8) is 0 Å². The molecule has 0 saturated carbocycles. The predicted octanol–water partition coefficient (Wildman–Crippen LogP) is 3.15. The number of carbonyl (C=O) groups is 2. The predicted molar refractivity (Wildman–Crippen MR) is 119 cm³/mol. The normalized spacial score (nSPS) is 12.1. The number of rotatable bonds is 5. The van der Waals surface area contributed by atoms with Crippen molar-refractivity contribution in [3.8, 4) is 0 Å². The number of imidazole rings is 1. The van der Waals surface area contributed by atoms with Gasteiger partial charge >= 0.3 is 11.9 Å². The Kier molecular flexibility index (Phi) is 5.17. The van der Waals surface area contributed by atoms with Gasteiger partial charge in [0, 0.05) is 12.7 Å². The summed E-state index contributed by atoms with van der Waals surface area (Å²) in [4.78, 5) is 41.0. The minimum absolute atomic E-state index is 0.197. The molecule has 0 aliphatic heterocycles. The summed E-state index contributed by atoms with van der Waals surface area (Å²) >= 11 is 0. The summed E-state index contributed by atoms with van der Waals surface area (Å²) in [6, 6.07) is 10.4. The van der Waals surface area contributed by atoms with Crippen LogP contribution in [-0.2, 0) is 11.8 Å². The topological polar surface area (TPSA) is 115 Å². The molecule has 1 atom stereocenters. The van der Waals surface area contributed by atoms with E-state index in [1.165, 1.54) is 25.1 Å². The summed E-state index contributed by atoms with van der Waals surface area (Å²) < 4.78 is 7.80. The summed E-state index contributed by atoms with van der Waals surface area (Å²) in [5.41, 5.74) is 2.84. The molecular weight excluding hydrogens is 412 g/mol. The fourth-order valence-electron chi connectivity index (χ4n) is 4.03. The molecule has 0 amide bonds. The van der Waals surface area contributed by atoms with E-state index in [4.69, 9.17) is 4.74 Å². The van der Waals surface area contributed by atoms with Gasteiger partial charge in [-0.3, -0.25) is 13.8 Å². The first-order valence-corrected chi connectivity index (χ1v) is 9.92. The van der Waals surface area contributed by atoms with Crippen LogP contribution in [0.1, 0.15) is 44.9 Å². The van der Waals surface area contributed by atoms with Crippen LogP contribution < -0.4 is 10.9 Å². The largest absolute Gasteiger partial charge is 0.476 e. The van der Waals surface area contributed by atoms with E-state index in [1.54, 1.807) is 34.7 Å². The second-order valence-corrected chi connectivity index (χ2v) is 7.61. The third kappa shape index (κ3) is 3.27. The molecule has 0 fully saturated rings. The van der Waals surface area contributed by atoms with Gasteiger partial charge in [-0.05, 0) is 43.2 Å². The Morgan fingerprint density at radius 1 is 1.22 bits per heavy atom. The molecule has 2 heterocycles. The highest BCUT2D eigenvalue weighted by atomic mass is 16.5. The molecule has 1 unspecified atom stereocenters. The number of methoxy groups -OCH3 is 1. The van der Waals surface area contributed by atoms with Crippen molar-refractivity contribution >= 4 is 34.2 Å². The van der Waals surface area contributed by atoms with Gasteiger partial charge in [0.2, 0.25) is 0 Å². The Labute approximate surface area is 182 Å². The quantitative estimate of drug-likeness (QED) is 0.464. The Morgan fingerprint density at radius 3 is 2.62 bits per heavy atom. The van der Waals surface area contributed by atoms with Crippen LogP contribution in [0.3, 0.4) is 0 Å². The van der Waals surface area contributed by atoms with Crippen molar-refractivity contribution in [1.82, 2.24) is 14.0 Å². The van der Waals surface area contributed by atoms with Crippen LogP contribution in [0, 0.1) is 6.92 Å². The number of aromatic carboxylic acids is 1. The number of hydrogen-bond acceptors (Lipinski definition) is 6. The molecule has 4 rings (SSSR count). The monoisotopic (exact) mass is 434 g/mol. The number of carboxylic acids is 1. The molecule has 2 aromatic carbocycles. The number of benzene rings is 2. The van der Waals surface area contributed by atoms with Gasteiger partial charge in [0.15, 0.2) is 11.3 Å². The average molecular weight is 434 g/mol. The third-order valence-electron chi connectivity index (χ3n) is 5.49. The molecule has 0 spiro atoms. The standard InChI is InChI=1S/C23H22N4O5/c1-12-9-15(13(2)25-17-8-6-5-7-14(17)23(31)32-4)19-16(10-12)21(28)26(3)20-18(22(29)30)24-11-27(19)20/h5-11,13,25H,1-4H3,(H,29,30). The SMILES string of the molecule is COC(=O)c1ccccc1NC(C)c1cc(C)cc2c(=O)n(C)c3c(C(=O)O)ncn3c12. The molecule has 9 nitrogen and oxygen atoms in total. The second kappa shape index (κ2) is 7.84. The number of nitrogens with zero attached hydrogens (tertiary/aromatic N) is 3. The van der Waals surface area contributed by atoms with Crippen LogP contribution in [0.5, 0.6) is 0 Å². The average Bonchev–Trinajstić information content (AvgIpc) is 3.22. The van der Waals surface area contributed by atoms with Crippen LogP contribution in [0.25, 0.3) is 16.6 Å². The number of carbonyl (C=O) groups excluding carboxylic acids is 1. The van der Waals surface area contributed by atoms with Crippen molar-refractivity contribution in [3.05, 3.63) is 75.5 Å². The van der Waals surface area contributed by atoms with Gasteiger partial charge in [-0.1, -0.05) is 18.2 Å². The van der Waals surface area contributed by atoms with Crippen molar-refractivity contribution in [1.29, 1.82) is 0 Å². The maximum absolute atomic E-state index is 13.1. The Balaban J connectivity index is 1.97. The first kappa shape index (κ1) is 21.1. The lowest BCUT2D eigenvalue weighted by Gasteiger charge is -2.21. The van der Waals surface area contributed by atoms with E-state index in [9.17, 15) is 19.5 Å². The van der Waals surface area contributed by atoms with Gasteiger partial charge in [0.1, 0.15) is 6.33 Å². The smallest absolute Gasteiger partial charge is 0.358 e. The number of fused-ring (bicyclic) bond motifs is 3. The fourth-order valence-corrected chi connectivity index (χ4v) is 4.03. The van der Waals surface area contributed by atoms with E-state index in [0.717, 1.165) is 11.1 Å². The second-order valence-electron chi connectivity index (χ2n) is 7.61. The molecule has 0 aliphatic rings. The van der Waals surface area contributed by atoms with Gasteiger partial charge in [-0.15, -0.1) is 0 Å². The van der Waals surface area contributed by atoms with Crippen molar-refractivity contribution in [2.45, 2.75) is 19.9 Å². The summed E-state index contributed by atoms with van der Waals surface area (Å²) in [6.07, 6.45) is 1.41. The zero-order valence-corrected chi connectivity index (χ0v) is 18.0. The number of hydrogen-bond donors (Lipinski definition) is 2. The van der Waals surface area contributed by atoms with Crippen LogP contribution >= 0.6 is 0 Å². The van der Waals surface area contributed by atoms with E-state index in [2.05, 4.69) is 10.3 Å². The fraction of sp³-hybridized carbons (Fsp3) is 0.217. The summed E-state index contributed by atoms with van der Waals surface area (Å²) in [5, 5.41) is 13.3. The molecule has 2 N–H and O–H groups in total. The van der Waals surface area contributed by atoms with Gasteiger partial charge in [-0.25, -0.2) is 14.6 Å². The lowest BCUT2D eigenvalue weighted by atomic mass is 10.00. The van der Waals surface area contributed by atoms with Crippen LogP contribution in [-0.4, -0.2) is 38.1 Å². The minimum Gasteiger partial charge on any atom is -0.476 e. The number of carboxylic acid groups (broad SMARTS) is 1. The highest BCUT2D eigenvalue weighted by Crippen LogP contribution is 2.29. The van der Waals surface area contributed by atoms with E-state index in [1.807, 2.05) is 19.9 Å². The molecule has 0 aliphatic carbocycles. The van der Waals surface area contributed by atoms with Gasteiger partial charge in [0.25, 0.3) is 5.56 Å². The molecular formula is C23H22N4O5. The first-order valence-electron chi connectivity index (χ1n) is 9.92. The molecule has 32 heavy (non-hydrogen) atoms. The van der Waals surface area contributed by atoms with Crippen LogP contribution in [0.4, 0.5) is 5.69 Å². The van der Waals surface area contributed by atoms with Gasteiger partial charge in [-0.2, -0.15) is 0 Å². The lowest BCUT2D eigenvalue weighted by molar-refractivity contribution is 0.0600. The number of aromatic nitrogens is 3. The van der Waals surface area contributed by atoms with Gasteiger partial charge in [0.05, 0.1) is 29.6 Å². The van der Waals surface area contributed by atoms with Gasteiger partial charge < -0.3 is 15.2 Å². The van der Waals surface area contributed by atoms with E-state index >= 15 is 0 Å². The summed E-state index contributed by atoms with van der Waals surface area (Å²) in [7, 11) is 2.85. The summed E-state index contributed by atoms with van der Waals surface area (Å²) in [6.45, 7) is 3.79. The Morgan fingerprint density at radius 2 is 1.94 bits per heavy atom. The van der Waals surface area contributed by atoms with E-state index < -0.39 is 11.9 Å². The number of ether oxygens (including phenoxy) is 1. The lowest BCUT2D eigenvalue weighted by Crippen LogP contribution is -2.22. The highest BCUT2D eigenvalue weighted by Gasteiger charge is 2.22. The van der Waals surface area contributed by atoms with Crippen LogP contribution in [0.15, 0.2) is 47.5 Å². The molecule has 0 bridgehead atoms. The number of aryl methyl sites for hydroxylation is 2. The zero-order chi connectivity index (χ0) is 23.2. The maximum atomic E-state index is 13.1. The number of anilines is 1. The zero-order valence-electron chi connectivity index (χ0n) is 18.0.